The molecule has 1 saturated heterocycles. The molecule has 7 heteroatoms. The van der Waals surface area contributed by atoms with Crippen LogP contribution in [0.25, 0.3) is 0 Å². The van der Waals surface area contributed by atoms with E-state index in [1.807, 2.05) is 38.1 Å². The predicted molar refractivity (Wildman–Crippen MR) is 108 cm³/mol. The minimum Gasteiger partial charge on any atom is -0.490 e. The molecule has 27 heavy (non-hydrogen) atoms. The smallest absolute Gasteiger partial charge is 0.321 e. The molecule has 0 amide bonds. The largest absolute Gasteiger partial charge is 0.490 e. The van der Waals surface area contributed by atoms with Crippen molar-refractivity contribution in [2.45, 2.75) is 25.3 Å². The van der Waals surface area contributed by atoms with Crippen LogP contribution in [0.5, 0.6) is 11.5 Å². The van der Waals surface area contributed by atoms with E-state index in [1.165, 1.54) is 11.8 Å². The van der Waals surface area contributed by atoms with Gasteiger partial charge in [0.25, 0.3) is 0 Å². The van der Waals surface area contributed by atoms with Crippen LogP contribution in [0.4, 0.5) is 0 Å². The highest BCUT2D eigenvalue weighted by Crippen LogP contribution is 2.39. The Bertz CT molecular complexity index is 830. The van der Waals surface area contributed by atoms with Crippen molar-refractivity contribution in [3.8, 4) is 11.5 Å². The van der Waals surface area contributed by atoms with Gasteiger partial charge in [0.1, 0.15) is 30.8 Å². The van der Waals surface area contributed by atoms with Crippen LogP contribution in [-0.4, -0.2) is 36.1 Å². The summed E-state index contributed by atoms with van der Waals surface area (Å²) < 4.78 is 11.7. The number of carboxylic acid groups (broad SMARTS) is 1. The third kappa shape index (κ3) is 5.09. The zero-order chi connectivity index (χ0) is 19.4. The van der Waals surface area contributed by atoms with Gasteiger partial charge in [-0.3, -0.25) is 10.1 Å². The minimum atomic E-state index is -0.851. The molecule has 0 aromatic heterocycles. The fraction of sp³-hybridized carbons (Fsp3) is 0.350. The predicted octanol–water partition coefficient (Wildman–Crippen LogP) is 4.20. The normalized spacial score (nSPS) is 19.1. The molecule has 1 fully saturated rings. The number of thioether (sulfide) groups is 1. The maximum atomic E-state index is 11.2. The molecule has 1 heterocycles. The number of benzene rings is 2. The molecule has 2 aromatic carbocycles. The number of ether oxygens (including phenoxy) is 2. The lowest BCUT2D eigenvalue weighted by atomic mass is 10.1. The Kier molecular flexibility index (Phi) is 6.52. The lowest BCUT2D eigenvalue weighted by Crippen LogP contribution is -2.33. The van der Waals surface area contributed by atoms with Gasteiger partial charge in [-0.05, 0) is 49.2 Å². The maximum absolute atomic E-state index is 11.2. The molecule has 1 aliphatic rings. The highest BCUT2D eigenvalue weighted by molar-refractivity contribution is 7.99. The highest BCUT2D eigenvalue weighted by Gasteiger charge is 2.32. The molecule has 0 saturated carbocycles. The van der Waals surface area contributed by atoms with E-state index in [0.29, 0.717) is 29.7 Å². The van der Waals surface area contributed by atoms with E-state index in [-0.39, 0.29) is 5.37 Å². The van der Waals surface area contributed by atoms with Gasteiger partial charge >= 0.3 is 5.97 Å². The van der Waals surface area contributed by atoms with E-state index >= 15 is 0 Å². The molecule has 1 aliphatic heterocycles. The van der Waals surface area contributed by atoms with E-state index in [1.54, 1.807) is 6.07 Å². The number of nitrogens with one attached hydrogen (secondary N) is 1. The van der Waals surface area contributed by atoms with Crippen LogP contribution in [0.2, 0.25) is 5.02 Å². The van der Waals surface area contributed by atoms with Crippen LogP contribution in [0.1, 0.15) is 22.1 Å². The van der Waals surface area contributed by atoms with Gasteiger partial charge < -0.3 is 14.6 Å². The molecular formula is C20H22ClNO4S. The highest BCUT2D eigenvalue weighted by atomic mass is 35.5. The van der Waals surface area contributed by atoms with Crippen LogP contribution < -0.4 is 14.8 Å². The Morgan fingerprint density at radius 1 is 1.19 bits per heavy atom. The summed E-state index contributed by atoms with van der Waals surface area (Å²) in [4.78, 5) is 11.2. The van der Waals surface area contributed by atoms with Crippen molar-refractivity contribution in [2.75, 3.05) is 19.0 Å². The number of hydrogen-bond donors (Lipinski definition) is 2. The molecular weight excluding hydrogens is 386 g/mol. The van der Waals surface area contributed by atoms with Gasteiger partial charge in [0, 0.05) is 16.3 Å². The Balaban J connectivity index is 1.62. The first-order valence-corrected chi connectivity index (χ1v) is 10.1. The molecule has 2 atom stereocenters. The average molecular weight is 408 g/mol. The van der Waals surface area contributed by atoms with E-state index in [4.69, 9.17) is 21.1 Å². The second kappa shape index (κ2) is 8.87. The molecule has 2 N–H and O–H groups in total. The lowest BCUT2D eigenvalue weighted by molar-refractivity contribution is -0.138. The van der Waals surface area contributed by atoms with Gasteiger partial charge in [0.05, 0.1) is 5.37 Å². The minimum absolute atomic E-state index is 0.167. The molecule has 0 spiro atoms. The van der Waals surface area contributed by atoms with Crippen molar-refractivity contribution in [1.29, 1.82) is 0 Å². The van der Waals surface area contributed by atoms with Crippen LogP contribution in [0, 0.1) is 13.8 Å². The summed E-state index contributed by atoms with van der Waals surface area (Å²) in [7, 11) is 0. The van der Waals surface area contributed by atoms with Crippen molar-refractivity contribution in [2.24, 2.45) is 0 Å². The van der Waals surface area contributed by atoms with Crippen molar-refractivity contribution in [3.63, 3.8) is 0 Å². The van der Waals surface area contributed by atoms with E-state index in [9.17, 15) is 9.90 Å². The molecule has 2 unspecified atom stereocenters. The van der Waals surface area contributed by atoms with Gasteiger partial charge in [0.2, 0.25) is 0 Å². The zero-order valence-electron chi connectivity index (χ0n) is 15.2. The Morgan fingerprint density at radius 2 is 1.93 bits per heavy atom. The third-order valence-corrected chi connectivity index (χ3v) is 5.76. The quantitative estimate of drug-likeness (QED) is 0.670. The van der Waals surface area contributed by atoms with Gasteiger partial charge in [-0.25, -0.2) is 0 Å². The van der Waals surface area contributed by atoms with Crippen LogP contribution in [-0.2, 0) is 4.79 Å². The maximum Gasteiger partial charge on any atom is 0.321 e. The number of rotatable bonds is 7. The fourth-order valence-corrected chi connectivity index (χ4v) is 4.24. The number of aryl methyl sites for hydroxylation is 2. The Labute approximate surface area is 168 Å². The molecule has 2 aromatic rings. The molecule has 0 radical (unpaired) electrons. The number of hydrogen-bond acceptors (Lipinski definition) is 5. The SMILES string of the molecule is Cc1ccc(C)c(OCCOc2ccc(Cl)cc2C2NC(C(=O)O)CS2)c1. The first kappa shape index (κ1) is 19.9. The second-order valence-electron chi connectivity index (χ2n) is 6.42. The van der Waals surface area contributed by atoms with E-state index in [2.05, 4.69) is 11.4 Å². The van der Waals surface area contributed by atoms with E-state index in [0.717, 1.165) is 22.4 Å². The summed E-state index contributed by atoms with van der Waals surface area (Å²) in [5, 5.41) is 12.7. The summed E-state index contributed by atoms with van der Waals surface area (Å²) in [5.74, 6) is 1.19. The number of halogens is 1. The number of carboxylic acids is 1. The zero-order valence-corrected chi connectivity index (χ0v) is 16.8. The van der Waals surface area contributed by atoms with Gasteiger partial charge in [-0.1, -0.05) is 23.7 Å². The summed E-state index contributed by atoms with van der Waals surface area (Å²) >= 11 is 7.67. The summed E-state index contributed by atoms with van der Waals surface area (Å²) in [5.41, 5.74) is 3.08. The van der Waals surface area contributed by atoms with Crippen LogP contribution in [0.3, 0.4) is 0 Å². The van der Waals surface area contributed by atoms with E-state index < -0.39 is 12.0 Å². The van der Waals surface area contributed by atoms with Crippen molar-refractivity contribution in [1.82, 2.24) is 5.32 Å². The topological polar surface area (TPSA) is 67.8 Å². The summed E-state index contributed by atoms with van der Waals surface area (Å²) in [6.45, 7) is 4.82. The molecule has 5 nitrogen and oxygen atoms in total. The van der Waals surface area contributed by atoms with Crippen LogP contribution >= 0.6 is 23.4 Å². The second-order valence-corrected chi connectivity index (χ2v) is 7.99. The monoisotopic (exact) mass is 407 g/mol. The van der Waals surface area contributed by atoms with Crippen LogP contribution in [0.15, 0.2) is 36.4 Å². The molecule has 3 rings (SSSR count). The fourth-order valence-electron chi connectivity index (χ4n) is 2.82. The van der Waals surface area contributed by atoms with Crippen molar-refractivity contribution < 1.29 is 19.4 Å². The van der Waals surface area contributed by atoms with Gasteiger partial charge in [0.15, 0.2) is 0 Å². The first-order chi connectivity index (χ1) is 12.9. The standard InChI is InChI=1S/C20H22ClNO4S/c1-12-3-4-13(2)18(9-12)26-8-7-25-17-6-5-14(21)10-15(17)19-22-16(11-27-19)20(23)24/h3-6,9-10,16,19,22H,7-8,11H2,1-2H3,(H,23,24). The van der Waals surface area contributed by atoms with Gasteiger partial charge in [-0.15, -0.1) is 11.8 Å². The Morgan fingerprint density at radius 3 is 2.63 bits per heavy atom. The summed E-state index contributed by atoms with van der Waals surface area (Å²) in [6.07, 6.45) is 0. The lowest BCUT2D eigenvalue weighted by Gasteiger charge is -2.17. The molecule has 144 valence electrons. The summed E-state index contributed by atoms with van der Waals surface area (Å²) in [6, 6.07) is 10.9. The van der Waals surface area contributed by atoms with Gasteiger partial charge in [-0.2, -0.15) is 0 Å². The first-order valence-electron chi connectivity index (χ1n) is 8.67. The van der Waals surface area contributed by atoms with Crippen molar-refractivity contribution >= 4 is 29.3 Å². The molecule has 0 bridgehead atoms. The number of carbonyl (C=O) groups is 1. The molecule has 0 aliphatic carbocycles. The third-order valence-electron chi connectivity index (χ3n) is 4.28. The number of aliphatic carboxylic acids is 1. The van der Waals surface area contributed by atoms with Crippen molar-refractivity contribution in [3.05, 3.63) is 58.1 Å². The average Bonchev–Trinajstić information content (AvgIpc) is 3.13. The Hall–Kier alpha value is -1.89.